The lowest BCUT2D eigenvalue weighted by Crippen LogP contribution is -2.18. The highest BCUT2D eigenvalue weighted by Gasteiger charge is 2.17. The van der Waals surface area contributed by atoms with Crippen molar-refractivity contribution in [1.82, 2.24) is 15.0 Å². The molecule has 98 valence electrons. The van der Waals surface area contributed by atoms with Crippen molar-refractivity contribution in [3.8, 4) is 5.88 Å². The first kappa shape index (κ1) is 13.0. The molecule has 19 heavy (non-hydrogen) atoms. The number of anilines is 2. The van der Waals surface area contributed by atoms with E-state index in [4.69, 9.17) is 22.1 Å². The standard InChI is InChI=1S/C11H10ClN5O2/c1-19-11-8(12)16-7(9(13)17-11)10(18)15-6-4-2-3-5-14-6/h2-5H,1H3,(H2,13,17)(H,14,15,18). The minimum atomic E-state index is -0.548. The smallest absolute Gasteiger partial charge is 0.279 e. The van der Waals surface area contributed by atoms with E-state index in [1.165, 1.54) is 7.11 Å². The Balaban J connectivity index is 2.27. The number of hydrogen-bond acceptors (Lipinski definition) is 6. The summed E-state index contributed by atoms with van der Waals surface area (Å²) in [6.07, 6.45) is 1.55. The van der Waals surface area contributed by atoms with E-state index in [1.807, 2.05) is 0 Å². The van der Waals surface area contributed by atoms with Crippen LogP contribution in [0.2, 0.25) is 5.15 Å². The number of nitrogen functional groups attached to an aromatic ring is 1. The largest absolute Gasteiger partial charge is 0.479 e. The van der Waals surface area contributed by atoms with Gasteiger partial charge in [0.25, 0.3) is 11.8 Å². The van der Waals surface area contributed by atoms with Crippen LogP contribution in [0.25, 0.3) is 0 Å². The number of ether oxygens (including phenoxy) is 1. The van der Waals surface area contributed by atoms with Gasteiger partial charge in [-0.15, -0.1) is 0 Å². The molecule has 0 aliphatic rings. The molecule has 7 nitrogen and oxygen atoms in total. The van der Waals surface area contributed by atoms with Gasteiger partial charge in [0.15, 0.2) is 16.7 Å². The summed E-state index contributed by atoms with van der Waals surface area (Å²) in [5.41, 5.74) is 5.54. The molecule has 0 spiro atoms. The van der Waals surface area contributed by atoms with E-state index in [0.717, 1.165) is 0 Å². The third-order valence-electron chi connectivity index (χ3n) is 2.17. The van der Waals surface area contributed by atoms with Crippen LogP contribution in [0, 0.1) is 0 Å². The number of hydrogen-bond donors (Lipinski definition) is 2. The number of carbonyl (C=O) groups is 1. The van der Waals surface area contributed by atoms with Crippen LogP contribution in [-0.2, 0) is 0 Å². The van der Waals surface area contributed by atoms with E-state index in [1.54, 1.807) is 24.4 Å². The van der Waals surface area contributed by atoms with Gasteiger partial charge in [-0.25, -0.2) is 9.97 Å². The summed E-state index contributed by atoms with van der Waals surface area (Å²) in [5, 5.41) is 2.49. The highest BCUT2D eigenvalue weighted by molar-refractivity contribution is 6.31. The van der Waals surface area contributed by atoms with Crippen molar-refractivity contribution in [3.05, 3.63) is 35.2 Å². The fourth-order valence-corrected chi connectivity index (χ4v) is 1.52. The summed E-state index contributed by atoms with van der Waals surface area (Å²) in [5.74, 6) is -0.183. The minimum Gasteiger partial charge on any atom is -0.479 e. The predicted octanol–water partition coefficient (Wildman–Crippen LogP) is 1.37. The average Bonchev–Trinajstić information content (AvgIpc) is 2.42. The van der Waals surface area contributed by atoms with Crippen molar-refractivity contribution in [2.75, 3.05) is 18.2 Å². The molecule has 2 aromatic rings. The molecular formula is C11H10ClN5O2. The van der Waals surface area contributed by atoms with Gasteiger partial charge >= 0.3 is 0 Å². The van der Waals surface area contributed by atoms with Gasteiger partial charge in [-0.3, -0.25) is 4.79 Å². The van der Waals surface area contributed by atoms with E-state index >= 15 is 0 Å². The lowest BCUT2D eigenvalue weighted by Gasteiger charge is -2.07. The first-order chi connectivity index (χ1) is 9.11. The number of pyridine rings is 1. The maximum absolute atomic E-state index is 12.0. The summed E-state index contributed by atoms with van der Waals surface area (Å²) < 4.78 is 4.85. The molecule has 8 heteroatoms. The normalized spacial score (nSPS) is 10.0. The van der Waals surface area contributed by atoms with Crippen molar-refractivity contribution < 1.29 is 9.53 Å². The van der Waals surface area contributed by atoms with Crippen molar-refractivity contribution in [1.29, 1.82) is 0 Å². The quantitative estimate of drug-likeness (QED) is 0.879. The molecule has 0 aliphatic heterocycles. The fourth-order valence-electron chi connectivity index (χ4n) is 1.32. The number of carbonyl (C=O) groups excluding carboxylic acids is 1. The Kier molecular flexibility index (Phi) is 3.76. The number of nitrogens with two attached hydrogens (primary N) is 1. The summed E-state index contributed by atoms with van der Waals surface area (Å²) in [4.78, 5) is 23.6. The van der Waals surface area contributed by atoms with Crippen molar-refractivity contribution in [3.63, 3.8) is 0 Å². The van der Waals surface area contributed by atoms with Gasteiger partial charge in [-0.2, -0.15) is 4.98 Å². The number of nitrogens with zero attached hydrogens (tertiary/aromatic N) is 3. The Morgan fingerprint density at radius 1 is 1.42 bits per heavy atom. The zero-order valence-corrected chi connectivity index (χ0v) is 10.7. The molecule has 0 radical (unpaired) electrons. The number of nitrogens with one attached hydrogen (secondary N) is 1. The second kappa shape index (κ2) is 5.49. The molecule has 0 bridgehead atoms. The van der Waals surface area contributed by atoms with Crippen LogP contribution < -0.4 is 15.8 Å². The second-order valence-electron chi connectivity index (χ2n) is 3.43. The van der Waals surface area contributed by atoms with E-state index in [-0.39, 0.29) is 22.5 Å². The third kappa shape index (κ3) is 2.89. The SMILES string of the molecule is COc1nc(N)c(C(=O)Nc2ccccn2)nc1Cl. The molecule has 0 fully saturated rings. The van der Waals surface area contributed by atoms with E-state index in [9.17, 15) is 4.79 Å². The van der Waals surface area contributed by atoms with Gasteiger partial charge in [-0.1, -0.05) is 17.7 Å². The van der Waals surface area contributed by atoms with Gasteiger partial charge < -0.3 is 15.8 Å². The molecule has 0 saturated carbocycles. The number of halogens is 1. The van der Waals surface area contributed by atoms with Crippen molar-refractivity contribution >= 4 is 29.1 Å². The Hall–Kier alpha value is -2.41. The molecule has 0 atom stereocenters. The van der Waals surface area contributed by atoms with Crippen molar-refractivity contribution in [2.24, 2.45) is 0 Å². The highest BCUT2D eigenvalue weighted by atomic mass is 35.5. The predicted molar refractivity (Wildman–Crippen MR) is 70.2 cm³/mol. The number of rotatable bonds is 3. The Morgan fingerprint density at radius 3 is 2.84 bits per heavy atom. The summed E-state index contributed by atoms with van der Waals surface area (Å²) in [7, 11) is 1.38. The van der Waals surface area contributed by atoms with Crippen LogP contribution in [-0.4, -0.2) is 28.0 Å². The molecule has 0 aromatic carbocycles. The van der Waals surface area contributed by atoms with Crippen LogP contribution in [0.3, 0.4) is 0 Å². The zero-order valence-electron chi connectivity index (χ0n) is 9.92. The average molecular weight is 280 g/mol. The Labute approximate surface area is 113 Å². The number of amides is 1. The van der Waals surface area contributed by atoms with E-state index in [2.05, 4.69) is 20.3 Å². The van der Waals surface area contributed by atoms with Gasteiger partial charge in [0.1, 0.15) is 5.82 Å². The first-order valence-corrected chi connectivity index (χ1v) is 5.59. The minimum absolute atomic E-state index is 0.0390. The Morgan fingerprint density at radius 2 is 2.21 bits per heavy atom. The summed E-state index contributed by atoms with van der Waals surface area (Å²) in [6, 6.07) is 5.10. The van der Waals surface area contributed by atoms with Crippen molar-refractivity contribution in [2.45, 2.75) is 0 Å². The summed E-state index contributed by atoms with van der Waals surface area (Å²) >= 11 is 5.80. The van der Waals surface area contributed by atoms with Gasteiger partial charge in [-0.05, 0) is 12.1 Å². The third-order valence-corrected chi connectivity index (χ3v) is 2.41. The fraction of sp³-hybridized carbons (Fsp3) is 0.0909. The molecule has 2 heterocycles. The van der Waals surface area contributed by atoms with Crippen LogP contribution in [0.5, 0.6) is 5.88 Å². The highest BCUT2D eigenvalue weighted by Crippen LogP contribution is 2.22. The molecule has 1 amide bonds. The summed E-state index contributed by atoms with van der Waals surface area (Å²) in [6.45, 7) is 0. The van der Waals surface area contributed by atoms with Crippen LogP contribution in [0.15, 0.2) is 24.4 Å². The molecule has 2 rings (SSSR count). The van der Waals surface area contributed by atoms with E-state index < -0.39 is 5.91 Å². The van der Waals surface area contributed by atoms with Gasteiger partial charge in [0, 0.05) is 6.20 Å². The molecular weight excluding hydrogens is 270 g/mol. The lowest BCUT2D eigenvalue weighted by molar-refractivity contribution is 0.102. The van der Waals surface area contributed by atoms with Crippen LogP contribution >= 0.6 is 11.6 Å². The maximum Gasteiger partial charge on any atom is 0.279 e. The molecule has 0 unspecified atom stereocenters. The van der Waals surface area contributed by atoms with E-state index in [0.29, 0.717) is 5.82 Å². The molecule has 0 saturated heterocycles. The monoisotopic (exact) mass is 279 g/mol. The van der Waals surface area contributed by atoms with Gasteiger partial charge in [0.05, 0.1) is 7.11 Å². The number of aromatic nitrogens is 3. The zero-order chi connectivity index (χ0) is 13.8. The first-order valence-electron chi connectivity index (χ1n) is 5.21. The van der Waals surface area contributed by atoms with Gasteiger partial charge in [0.2, 0.25) is 0 Å². The maximum atomic E-state index is 12.0. The molecule has 3 N–H and O–H groups in total. The van der Waals surface area contributed by atoms with Crippen LogP contribution in [0.4, 0.5) is 11.6 Å². The van der Waals surface area contributed by atoms with Crippen LogP contribution in [0.1, 0.15) is 10.5 Å². The topological polar surface area (TPSA) is 103 Å². The lowest BCUT2D eigenvalue weighted by atomic mass is 10.3. The molecule has 2 aromatic heterocycles. The Bertz CT molecular complexity index is 606. The molecule has 0 aliphatic carbocycles. The number of methoxy groups -OCH3 is 1. The second-order valence-corrected chi connectivity index (χ2v) is 3.78.